The fourth-order valence-corrected chi connectivity index (χ4v) is 2.51. The van der Waals surface area contributed by atoms with Gasteiger partial charge in [0.25, 0.3) is 0 Å². The normalized spacial score (nSPS) is 25.4. The van der Waals surface area contributed by atoms with Crippen molar-refractivity contribution in [2.75, 3.05) is 26.7 Å². The number of nitrogens with zero attached hydrogens (tertiary/aromatic N) is 1. The molecular formula is C12H22N2. The number of nitrogens with one attached hydrogen (secondary N) is 1. The molecular weight excluding hydrogens is 172 g/mol. The lowest BCUT2D eigenvalue weighted by molar-refractivity contribution is 0.348. The number of hydrogen-bond donors (Lipinski definition) is 1. The molecule has 0 atom stereocenters. The van der Waals surface area contributed by atoms with Crippen LogP contribution in [0.4, 0.5) is 0 Å². The third kappa shape index (κ3) is 2.82. The van der Waals surface area contributed by atoms with Gasteiger partial charge in [0.15, 0.2) is 0 Å². The second-order valence-corrected chi connectivity index (χ2v) is 4.75. The number of likely N-dealkylation sites (N-methyl/N-ethyl adjacent to an activating group) is 1. The van der Waals surface area contributed by atoms with Crippen molar-refractivity contribution in [2.24, 2.45) is 0 Å². The maximum absolute atomic E-state index is 3.68. The molecule has 1 fully saturated rings. The van der Waals surface area contributed by atoms with Crippen LogP contribution < -0.4 is 5.32 Å². The molecule has 14 heavy (non-hydrogen) atoms. The molecule has 1 aliphatic carbocycles. The van der Waals surface area contributed by atoms with E-state index in [1.54, 1.807) is 5.57 Å². The molecule has 1 saturated carbocycles. The molecule has 0 spiro atoms. The monoisotopic (exact) mass is 194 g/mol. The Morgan fingerprint density at radius 1 is 1.43 bits per heavy atom. The Bertz CT molecular complexity index is 204. The summed E-state index contributed by atoms with van der Waals surface area (Å²) in [5.74, 6) is 0. The van der Waals surface area contributed by atoms with Gasteiger partial charge in [-0.05, 0) is 31.9 Å². The lowest BCUT2D eigenvalue weighted by Crippen LogP contribution is -2.33. The van der Waals surface area contributed by atoms with Crippen LogP contribution in [-0.2, 0) is 0 Å². The maximum atomic E-state index is 3.68. The van der Waals surface area contributed by atoms with Crippen LogP contribution in [0.5, 0.6) is 0 Å². The van der Waals surface area contributed by atoms with Gasteiger partial charge in [-0.1, -0.05) is 18.9 Å². The number of rotatable bonds is 3. The van der Waals surface area contributed by atoms with Crippen molar-refractivity contribution in [1.29, 1.82) is 0 Å². The quantitative estimate of drug-likeness (QED) is 0.689. The summed E-state index contributed by atoms with van der Waals surface area (Å²) in [5, 5.41) is 3.68. The van der Waals surface area contributed by atoms with Crippen molar-refractivity contribution < 1.29 is 0 Å². The molecule has 1 N–H and O–H groups in total. The fourth-order valence-electron chi connectivity index (χ4n) is 2.51. The highest BCUT2D eigenvalue weighted by molar-refractivity contribution is 5.09. The van der Waals surface area contributed by atoms with Gasteiger partial charge in [-0.25, -0.2) is 0 Å². The van der Waals surface area contributed by atoms with Gasteiger partial charge in [-0.15, -0.1) is 0 Å². The minimum absolute atomic E-state index is 0.808. The van der Waals surface area contributed by atoms with E-state index in [4.69, 9.17) is 0 Å². The zero-order chi connectivity index (χ0) is 9.80. The van der Waals surface area contributed by atoms with Crippen LogP contribution >= 0.6 is 0 Å². The molecule has 2 aliphatic rings. The minimum atomic E-state index is 0.808. The molecule has 0 radical (unpaired) electrons. The maximum Gasteiger partial charge on any atom is 0.0202 e. The first-order chi connectivity index (χ1) is 6.84. The van der Waals surface area contributed by atoms with Gasteiger partial charge in [0.05, 0.1) is 0 Å². The van der Waals surface area contributed by atoms with Crippen molar-refractivity contribution in [2.45, 2.75) is 38.1 Å². The van der Waals surface area contributed by atoms with E-state index >= 15 is 0 Å². The van der Waals surface area contributed by atoms with Crippen molar-refractivity contribution in [3.8, 4) is 0 Å². The van der Waals surface area contributed by atoms with Crippen molar-refractivity contribution in [1.82, 2.24) is 10.2 Å². The molecule has 2 heteroatoms. The Morgan fingerprint density at radius 2 is 2.21 bits per heavy atom. The largest absolute Gasteiger partial charge is 0.310 e. The van der Waals surface area contributed by atoms with Crippen LogP contribution in [0.3, 0.4) is 0 Å². The van der Waals surface area contributed by atoms with Crippen LogP contribution in [0.25, 0.3) is 0 Å². The molecule has 80 valence electrons. The van der Waals surface area contributed by atoms with Crippen LogP contribution in [-0.4, -0.2) is 37.6 Å². The average molecular weight is 194 g/mol. The van der Waals surface area contributed by atoms with E-state index in [1.165, 1.54) is 45.2 Å². The Kier molecular flexibility index (Phi) is 3.60. The summed E-state index contributed by atoms with van der Waals surface area (Å²) in [6.45, 7) is 3.52. The predicted molar refractivity (Wildman–Crippen MR) is 60.5 cm³/mol. The third-order valence-corrected chi connectivity index (χ3v) is 3.39. The Balaban J connectivity index is 1.71. The van der Waals surface area contributed by atoms with Crippen LogP contribution in [0.2, 0.25) is 0 Å². The van der Waals surface area contributed by atoms with Gasteiger partial charge in [0, 0.05) is 25.7 Å². The van der Waals surface area contributed by atoms with Gasteiger partial charge in [-0.3, -0.25) is 0 Å². The molecule has 0 bridgehead atoms. The first-order valence-electron chi connectivity index (χ1n) is 5.94. The molecule has 0 amide bonds. The van der Waals surface area contributed by atoms with Crippen molar-refractivity contribution in [3.05, 3.63) is 11.6 Å². The molecule has 2 rings (SSSR count). The Labute approximate surface area is 87.4 Å². The van der Waals surface area contributed by atoms with E-state index in [0.717, 1.165) is 12.6 Å². The lowest BCUT2D eigenvalue weighted by atomic mass is 10.1. The first kappa shape index (κ1) is 10.2. The second-order valence-electron chi connectivity index (χ2n) is 4.75. The molecule has 2 nitrogen and oxygen atoms in total. The summed E-state index contributed by atoms with van der Waals surface area (Å²) in [7, 11) is 2.21. The summed E-state index contributed by atoms with van der Waals surface area (Å²) in [6, 6.07) is 0.808. The molecule has 1 heterocycles. The van der Waals surface area contributed by atoms with Crippen LogP contribution in [0, 0.1) is 0 Å². The summed E-state index contributed by atoms with van der Waals surface area (Å²) in [6.07, 6.45) is 9.29. The van der Waals surface area contributed by atoms with E-state index in [-0.39, 0.29) is 0 Å². The molecule has 1 aliphatic heterocycles. The zero-order valence-electron chi connectivity index (χ0n) is 9.26. The van der Waals surface area contributed by atoms with Gasteiger partial charge in [-0.2, -0.15) is 0 Å². The topological polar surface area (TPSA) is 15.3 Å². The van der Waals surface area contributed by atoms with E-state index < -0.39 is 0 Å². The smallest absolute Gasteiger partial charge is 0.0202 e. The van der Waals surface area contributed by atoms with Crippen molar-refractivity contribution in [3.63, 3.8) is 0 Å². The molecule has 0 saturated heterocycles. The van der Waals surface area contributed by atoms with Gasteiger partial charge in [0.2, 0.25) is 0 Å². The number of hydrogen-bond acceptors (Lipinski definition) is 2. The standard InChI is InChI=1S/C12H22N2/c1-14-8-4-5-11(10-14)9-13-12-6-2-3-7-12/h5,12-13H,2-4,6-10H2,1H3. The van der Waals surface area contributed by atoms with Crippen molar-refractivity contribution >= 4 is 0 Å². The molecule has 0 aromatic rings. The summed E-state index contributed by atoms with van der Waals surface area (Å²) >= 11 is 0. The van der Waals surface area contributed by atoms with Gasteiger partial charge in [0.1, 0.15) is 0 Å². The fraction of sp³-hybridized carbons (Fsp3) is 0.833. The summed E-state index contributed by atoms with van der Waals surface area (Å²) in [5.41, 5.74) is 1.59. The van der Waals surface area contributed by atoms with E-state index in [2.05, 4.69) is 23.3 Å². The molecule has 0 aromatic heterocycles. The SMILES string of the molecule is CN1CCC=C(CNC2CCCC2)C1. The second kappa shape index (κ2) is 4.94. The van der Waals surface area contributed by atoms with Gasteiger partial charge >= 0.3 is 0 Å². The average Bonchev–Trinajstić information content (AvgIpc) is 2.67. The molecule has 0 aromatic carbocycles. The summed E-state index contributed by atoms with van der Waals surface area (Å²) < 4.78 is 0. The Morgan fingerprint density at radius 3 is 2.93 bits per heavy atom. The van der Waals surface area contributed by atoms with Crippen LogP contribution in [0.1, 0.15) is 32.1 Å². The zero-order valence-corrected chi connectivity index (χ0v) is 9.26. The Hall–Kier alpha value is -0.340. The third-order valence-electron chi connectivity index (χ3n) is 3.39. The van der Waals surface area contributed by atoms with E-state index in [1.807, 2.05) is 0 Å². The van der Waals surface area contributed by atoms with E-state index in [0.29, 0.717) is 0 Å². The van der Waals surface area contributed by atoms with Crippen LogP contribution in [0.15, 0.2) is 11.6 Å². The van der Waals surface area contributed by atoms with Gasteiger partial charge < -0.3 is 10.2 Å². The van der Waals surface area contributed by atoms with E-state index in [9.17, 15) is 0 Å². The first-order valence-corrected chi connectivity index (χ1v) is 5.94. The highest BCUT2D eigenvalue weighted by atomic mass is 15.1. The predicted octanol–water partition coefficient (Wildman–Crippen LogP) is 1.78. The highest BCUT2D eigenvalue weighted by Crippen LogP contribution is 2.18. The minimum Gasteiger partial charge on any atom is -0.310 e. The summed E-state index contributed by atoms with van der Waals surface area (Å²) in [4.78, 5) is 2.41. The highest BCUT2D eigenvalue weighted by Gasteiger charge is 2.15. The molecule has 0 unspecified atom stereocenters. The lowest BCUT2D eigenvalue weighted by Gasteiger charge is -2.24.